The van der Waals surface area contributed by atoms with Crippen molar-refractivity contribution < 1.29 is 4.79 Å². The number of halogens is 2. The lowest BCUT2D eigenvalue weighted by atomic mass is 9.99. The van der Waals surface area contributed by atoms with Gasteiger partial charge in [-0.05, 0) is 61.9 Å². The Morgan fingerprint density at radius 2 is 2.00 bits per heavy atom. The van der Waals surface area contributed by atoms with E-state index in [1.54, 1.807) is 23.5 Å². The first kappa shape index (κ1) is 15.9. The van der Waals surface area contributed by atoms with Gasteiger partial charge in [-0.15, -0.1) is 11.3 Å². The van der Waals surface area contributed by atoms with Gasteiger partial charge in [0.05, 0.1) is 10.9 Å². The van der Waals surface area contributed by atoms with E-state index in [-0.39, 0.29) is 11.9 Å². The maximum atomic E-state index is 12.5. The van der Waals surface area contributed by atoms with Crippen molar-refractivity contribution in [3.05, 3.63) is 55.2 Å². The average molecular weight is 354 g/mol. The maximum Gasteiger partial charge on any atom is 0.261 e. The predicted molar refractivity (Wildman–Crippen MR) is 93.3 cm³/mol. The number of thiophene rings is 1. The quantitative estimate of drug-likeness (QED) is 0.783. The zero-order chi connectivity index (χ0) is 15.7. The molecule has 1 aromatic heterocycles. The van der Waals surface area contributed by atoms with E-state index in [4.69, 9.17) is 23.2 Å². The van der Waals surface area contributed by atoms with Crippen LogP contribution in [0.25, 0.3) is 0 Å². The highest BCUT2D eigenvalue weighted by Crippen LogP contribution is 2.31. The molecule has 0 aliphatic heterocycles. The largest absolute Gasteiger partial charge is 0.345 e. The van der Waals surface area contributed by atoms with Crippen LogP contribution in [0.3, 0.4) is 0 Å². The molecule has 3 rings (SSSR count). The second kappa shape index (κ2) is 6.61. The number of rotatable bonds is 3. The summed E-state index contributed by atoms with van der Waals surface area (Å²) in [6.07, 6.45) is 4.65. The van der Waals surface area contributed by atoms with E-state index in [2.05, 4.69) is 5.32 Å². The van der Waals surface area contributed by atoms with Gasteiger partial charge >= 0.3 is 0 Å². The Balaban J connectivity index is 1.74. The summed E-state index contributed by atoms with van der Waals surface area (Å²) in [4.78, 5) is 14.6. The van der Waals surface area contributed by atoms with Gasteiger partial charge < -0.3 is 5.32 Å². The first-order valence-electron chi connectivity index (χ1n) is 7.42. The third kappa shape index (κ3) is 3.32. The predicted octanol–water partition coefficient (Wildman–Crippen LogP) is 5.42. The molecule has 0 radical (unpaired) electrons. The zero-order valence-electron chi connectivity index (χ0n) is 12.3. The van der Waals surface area contributed by atoms with Gasteiger partial charge in [0, 0.05) is 14.9 Å². The fourth-order valence-electron chi connectivity index (χ4n) is 2.80. The summed E-state index contributed by atoms with van der Waals surface area (Å²) in [5.41, 5.74) is 2.22. The standard InChI is InChI=1S/C17H17Cl2NOS/c1-10(13-7-6-12(18)9-14(13)19)20-17(21)16-8-11-4-2-3-5-15(11)22-16/h6-10H,2-5H2,1H3,(H,20,21)/t10-/m1/s1. The molecular weight excluding hydrogens is 337 g/mol. The highest BCUT2D eigenvalue weighted by atomic mass is 35.5. The van der Waals surface area contributed by atoms with Crippen molar-refractivity contribution in [3.63, 3.8) is 0 Å². The number of nitrogens with one attached hydrogen (secondary N) is 1. The number of fused-ring (bicyclic) bond motifs is 1. The van der Waals surface area contributed by atoms with Crippen molar-refractivity contribution in [2.45, 2.75) is 38.6 Å². The fraction of sp³-hybridized carbons (Fsp3) is 0.353. The van der Waals surface area contributed by atoms with Crippen LogP contribution in [0.15, 0.2) is 24.3 Å². The van der Waals surface area contributed by atoms with Crippen molar-refractivity contribution in [3.8, 4) is 0 Å². The lowest BCUT2D eigenvalue weighted by molar-refractivity contribution is 0.0944. The van der Waals surface area contributed by atoms with Crippen LogP contribution in [0.5, 0.6) is 0 Å². The minimum absolute atomic E-state index is 0.0297. The van der Waals surface area contributed by atoms with Gasteiger partial charge in [0.2, 0.25) is 0 Å². The second-order valence-electron chi connectivity index (χ2n) is 5.63. The van der Waals surface area contributed by atoms with E-state index < -0.39 is 0 Å². The van der Waals surface area contributed by atoms with Crippen LogP contribution in [0.2, 0.25) is 10.0 Å². The Kier molecular flexibility index (Phi) is 4.76. The first-order valence-corrected chi connectivity index (χ1v) is 8.99. The van der Waals surface area contributed by atoms with Crippen LogP contribution >= 0.6 is 34.5 Å². The van der Waals surface area contributed by atoms with Crippen molar-refractivity contribution in [2.24, 2.45) is 0 Å². The van der Waals surface area contributed by atoms with Crippen LogP contribution < -0.4 is 5.32 Å². The number of hydrogen-bond acceptors (Lipinski definition) is 2. The Hall–Kier alpha value is -1.03. The van der Waals surface area contributed by atoms with Crippen LogP contribution in [0, 0.1) is 0 Å². The van der Waals surface area contributed by atoms with Crippen molar-refractivity contribution in [1.29, 1.82) is 0 Å². The van der Waals surface area contributed by atoms with Crippen LogP contribution in [0.4, 0.5) is 0 Å². The molecule has 5 heteroatoms. The molecule has 1 heterocycles. The van der Waals surface area contributed by atoms with Crippen LogP contribution in [-0.4, -0.2) is 5.91 Å². The Morgan fingerprint density at radius 3 is 2.73 bits per heavy atom. The molecular formula is C17H17Cl2NOS. The molecule has 1 N–H and O–H groups in total. The fourth-order valence-corrected chi connectivity index (χ4v) is 4.53. The van der Waals surface area contributed by atoms with E-state index in [0.717, 1.165) is 23.3 Å². The van der Waals surface area contributed by atoms with Crippen LogP contribution in [0.1, 0.15) is 51.5 Å². The van der Waals surface area contributed by atoms with E-state index in [1.165, 1.54) is 23.3 Å². The first-order chi connectivity index (χ1) is 10.5. The lowest BCUT2D eigenvalue weighted by Crippen LogP contribution is -2.26. The second-order valence-corrected chi connectivity index (χ2v) is 7.61. The SMILES string of the molecule is C[C@@H](NC(=O)c1cc2c(s1)CCCC2)c1ccc(Cl)cc1Cl. The molecule has 0 unspecified atom stereocenters. The lowest BCUT2D eigenvalue weighted by Gasteiger charge is -2.15. The van der Waals surface area contributed by atoms with E-state index >= 15 is 0 Å². The number of carbonyl (C=O) groups excluding carboxylic acids is 1. The Morgan fingerprint density at radius 1 is 1.23 bits per heavy atom. The summed E-state index contributed by atoms with van der Waals surface area (Å²) >= 11 is 13.7. The minimum atomic E-state index is -0.156. The monoisotopic (exact) mass is 353 g/mol. The van der Waals surface area contributed by atoms with Gasteiger partial charge in [-0.2, -0.15) is 0 Å². The zero-order valence-corrected chi connectivity index (χ0v) is 14.6. The molecule has 0 fully saturated rings. The molecule has 1 aromatic carbocycles. The van der Waals surface area contributed by atoms with Gasteiger partial charge in [0.1, 0.15) is 0 Å². The third-order valence-electron chi connectivity index (χ3n) is 4.00. The van der Waals surface area contributed by atoms with E-state index in [9.17, 15) is 4.79 Å². The average Bonchev–Trinajstić information content (AvgIpc) is 2.91. The number of amides is 1. The van der Waals surface area contributed by atoms with Crippen molar-refractivity contribution >= 4 is 40.4 Å². The molecule has 1 aliphatic rings. The molecule has 116 valence electrons. The number of carbonyl (C=O) groups is 1. The molecule has 1 atom stereocenters. The summed E-state index contributed by atoms with van der Waals surface area (Å²) in [5, 5.41) is 4.20. The molecule has 2 nitrogen and oxygen atoms in total. The summed E-state index contributed by atoms with van der Waals surface area (Å²) in [7, 11) is 0. The topological polar surface area (TPSA) is 29.1 Å². The summed E-state index contributed by atoms with van der Waals surface area (Å²) < 4.78 is 0. The van der Waals surface area contributed by atoms with Crippen molar-refractivity contribution in [2.75, 3.05) is 0 Å². The summed E-state index contributed by atoms with van der Waals surface area (Å²) in [5.74, 6) is -0.0297. The molecule has 1 aliphatic carbocycles. The number of aryl methyl sites for hydroxylation is 2. The smallest absolute Gasteiger partial charge is 0.261 e. The van der Waals surface area contributed by atoms with E-state index in [1.807, 2.05) is 19.1 Å². The normalized spacial score (nSPS) is 15.2. The van der Waals surface area contributed by atoms with Crippen molar-refractivity contribution in [1.82, 2.24) is 5.32 Å². The number of hydrogen-bond donors (Lipinski definition) is 1. The minimum Gasteiger partial charge on any atom is -0.345 e. The van der Waals surface area contributed by atoms with Gasteiger partial charge in [-0.25, -0.2) is 0 Å². The van der Waals surface area contributed by atoms with E-state index in [0.29, 0.717) is 10.0 Å². The van der Waals surface area contributed by atoms with Gasteiger partial charge in [0.25, 0.3) is 5.91 Å². The van der Waals surface area contributed by atoms with Gasteiger partial charge in [-0.1, -0.05) is 29.3 Å². The molecule has 0 saturated carbocycles. The molecule has 0 saturated heterocycles. The summed E-state index contributed by atoms with van der Waals surface area (Å²) in [6, 6.07) is 7.23. The Bertz CT molecular complexity index is 687. The Labute approximate surface area is 144 Å². The van der Waals surface area contributed by atoms with Crippen LogP contribution in [-0.2, 0) is 12.8 Å². The maximum absolute atomic E-state index is 12.5. The number of benzene rings is 1. The third-order valence-corrected chi connectivity index (χ3v) is 5.80. The highest BCUT2D eigenvalue weighted by Gasteiger charge is 2.19. The summed E-state index contributed by atoms with van der Waals surface area (Å²) in [6.45, 7) is 1.93. The highest BCUT2D eigenvalue weighted by molar-refractivity contribution is 7.14. The molecule has 0 spiro atoms. The van der Waals surface area contributed by atoms with Gasteiger partial charge in [0.15, 0.2) is 0 Å². The molecule has 2 aromatic rings. The molecule has 1 amide bonds. The molecule has 0 bridgehead atoms. The van der Waals surface area contributed by atoms with Gasteiger partial charge in [-0.3, -0.25) is 4.79 Å². The molecule has 22 heavy (non-hydrogen) atoms.